The van der Waals surface area contributed by atoms with Crippen LogP contribution in [0.1, 0.15) is 5.56 Å². The van der Waals surface area contributed by atoms with Gasteiger partial charge in [0.05, 0.1) is 21.5 Å². The number of aromatic nitrogens is 2. The molecule has 0 atom stereocenters. The van der Waals surface area contributed by atoms with Gasteiger partial charge in [0, 0.05) is 17.9 Å². The molecule has 0 fully saturated rings. The van der Waals surface area contributed by atoms with Crippen LogP contribution in [-0.2, 0) is 5.75 Å². The number of hydrogen-bond donors (Lipinski definition) is 0. The van der Waals surface area contributed by atoms with E-state index in [4.69, 9.17) is 0 Å². The van der Waals surface area contributed by atoms with Gasteiger partial charge in [-0.15, -0.1) is 0 Å². The lowest BCUT2D eigenvalue weighted by atomic mass is 10.2. The van der Waals surface area contributed by atoms with Gasteiger partial charge in [0.25, 0.3) is 11.2 Å². The van der Waals surface area contributed by atoms with Gasteiger partial charge in [0.2, 0.25) is 0 Å². The molecule has 29 heavy (non-hydrogen) atoms. The van der Waals surface area contributed by atoms with Gasteiger partial charge in [0.15, 0.2) is 5.16 Å². The fraction of sp³-hybridized carbons (Fsp3) is 0.0476. The highest BCUT2D eigenvalue weighted by molar-refractivity contribution is 7.98. The topological polar surface area (TPSA) is 78.0 Å². The zero-order valence-corrected chi connectivity index (χ0v) is 15.8. The molecule has 0 aliphatic rings. The Balaban J connectivity index is 1.78. The van der Waals surface area contributed by atoms with Crippen LogP contribution in [0.3, 0.4) is 0 Å². The van der Waals surface area contributed by atoms with E-state index in [0.29, 0.717) is 21.8 Å². The number of nitro groups is 1. The third-order valence-electron chi connectivity index (χ3n) is 4.35. The molecule has 0 aliphatic carbocycles. The Bertz CT molecular complexity index is 1270. The molecule has 1 aromatic heterocycles. The van der Waals surface area contributed by atoms with Crippen molar-refractivity contribution in [3.8, 4) is 5.69 Å². The average molecular weight is 407 g/mol. The molecule has 8 heteroatoms. The van der Waals surface area contributed by atoms with Gasteiger partial charge in [-0.05, 0) is 29.8 Å². The third-order valence-corrected chi connectivity index (χ3v) is 5.36. The minimum Gasteiger partial charge on any atom is -0.268 e. The largest absolute Gasteiger partial charge is 0.269 e. The first-order valence-corrected chi connectivity index (χ1v) is 9.66. The predicted molar refractivity (Wildman–Crippen MR) is 110 cm³/mol. The van der Waals surface area contributed by atoms with E-state index in [1.165, 1.54) is 40.6 Å². The molecule has 0 radical (unpaired) electrons. The molecule has 0 amide bonds. The Kier molecular flexibility index (Phi) is 5.09. The smallest absolute Gasteiger partial charge is 0.268 e. The van der Waals surface area contributed by atoms with E-state index in [0.717, 1.165) is 5.56 Å². The van der Waals surface area contributed by atoms with Crippen molar-refractivity contribution in [3.63, 3.8) is 0 Å². The molecule has 1 heterocycles. The number of non-ortho nitro benzene ring substituents is 1. The van der Waals surface area contributed by atoms with Crippen LogP contribution in [-0.4, -0.2) is 14.5 Å². The van der Waals surface area contributed by atoms with Crippen molar-refractivity contribution in [2.45, 2.75) is 10.9 Å². The van der Waals surface area contributed by atoms with Crippen LogP contribution >= 0.6 is 11.8 Å². The zero-order valence-electron chi connectivity index (χ0n) is 15.0. The molecular formula is C21H14FN3O3S. The van der Waals surface area contributed by atoms with Crippen LogP contribution in [0.5, 0.6) is 0 Å². The number of nitro benzene ring substituents is 1. The molecule has 3 aromatic carbocycles. The van der Waals surface area contributed by atoms with E-state index < -0.39 is 10.7 Å². The fourth-order valence-electron chi connectivity index (χ4n) is 2.92. The molecule has 0 N–H and O–H groups in total. The van der Waals surface area contributed by atoms with E-state index in [9.17, 15) is 19.3 Å². The minimum atomic E-state index is -0.524. The molecule has 0 aliphatic heterocycles. The maximum absolute atomic E-state index is 14.5. The van der Waals surface area contributed by atoms with Crippen molar-refractivity contribution in [1.29, 1.82) is 0 Å². The Labute approximate surface area is 168 Å². The van der Waals surface area contributed by atoms with E-state index in [2.05, 4.69) is 4.98 Å². The van der Waals surface area contributed by atoms with Crippen LogP contribution in [0.15, 0.2) is 82.7 Å². The van der Waals surface area contributed by atoms with Crippen molar-refractivity contribution in [1.82, 2.24) is 9.55 Å². The SMILES string of the molecule is O=c1c2ccccc2nc(SCc2ccc([N+](=O)[O-])cc2)n1-c1ccccc1F. The summed E-state index contributed by atoms with van der Waals surface area (Å²) in [5.41, 5.74) is 1.12. The third kappa shape index (κ3) is 3.74. The maximum atomic E-state index is 14.5. The van der Waals surface area contributed by atoms with Crippen molar-refractivity contribution < 1.29 is 9.31 Å². The first kappa shape index (κ1) is 18.8. The summed E-state index contributed by atoms with van der Waals surface area (Å²) in [4.78, 5) is 28.0. The first-order chi connectivity index (χ1) is 14.0. The standard InChI is InChI=1S/C21H14FN3O3S/c22-17-6-2-4-8-19(17)24-20(26)16-5-1-3-7-18(16)23-21(24)29-13-14-9-11-15(12-10-14)25(27)28/h1-12H,13H2. The second kappa shape index (κ2) is 7.84. The zero-order chi connectivity index (χ0) is 20.4. The van der Waals surface area contributed by atoms with Crippen LogP contribution in [0.4, 0.5) is 10.1 Å². The summed E-state index contributed by atoms with van der Waals surface area (Å²) in [6, 6.07) is 19.1. The van der Waals surface area contributed by atoms with Gasteiger partial charge >= 0.3 is 0 Å². The predicted octanol–water partition coefficient (Wildman–Crippen LogP) is 4.73. The molecule has 0 bridgehead atoms. The number of benzene rings is 3. The summed E-state index contributed by atoms with van der Waals surface area (Å²) < 4.78 is 15.7. The van der Waals surface area contributed by atoms with Gasteiger partial charge in [-0.25, -0.2) is 9.37 Å². The second-order valence-electron chi connectivity index (χ2n) is 6.22. The van der Waals surface area contributed by atoms with Gasteiger partial charge in [-0.3, -0.25) is 19.5 Å². The summed E-state index contributed by atoms with van der Waals surface area (Å²) in [6.45, 7) is 0. The number of fused-ring (bicyclic) bond motifs is 1. The van der Waals surface area contributed by atoms with Gasteiger partial charge < -0.3 is 0 Å². The van der Waals surface area contributed by atoms with Crippen LogP contribution in [0.2, 0.25) is 0 Å². The monoisotopic (exact) mass is 407 g/mol. The van der Waals surface area contributed by atoms with Crippen LogP contribution in [0.25, 0.3) is 16.6 Å². The quantitative estimate of drug-likeness (QED) is 0.207. The molecular weight excluding hydrogens is 393 g/mol. The number of rotatable bonds is 5. The normalized spacial score (nSPS) is 10.9. The number of hydrogen-bond acceptors (Lipinski definition) is 5. The van der Waals surface area contributed by atoms with Crippen molar-refractivity contribution >= 4 is 28.4 Å². The molecule has 4 aromatic rings. The lowest BCUT2D eigenvalue weighted by molar-refractivity contribution is -0.384. The Hall–Kier alpha value is -3.52. The van der Waals surface area contributed by atoms with E-state index in [1.54, 1.807) is 48.5 Å². The average Bonchev–Trinajstić information content (AvgIpc) is 2.73. The van der Waals surface area contributed by atoms with Crippen LogP contribution in [0, 0.1) is 15.9 Å². The number of para-hydroxylation sites is 2. The Morgan fingerprint density at radius 3 is 2.41 bits per heavy atom. The Morgan fingerprint density at radius 2 is 1.69 bits per heavy atom. The molecule has 0 saturated carbocycles. The number of thioether (sulfide) groups is 1. The summed E-state index contributed by atoms with van der Waals surface area (Å²) >= 11 is 1.26. The first-order valence-electron chi connectivity index (χ1n) is 8.67. The summed E-state index contributed by atoms with van der Waals surface area (Å²) in [7, 11) is 0. The highest BCUT2D eigenvalue weighted by Crippen LogP contribution is 2.26. The lowest BCUT2D eigenvalue weighted by Gasteiger charge is -2.13. The second-order valence-corrected chi connectivity index (χ2v) is 7.16. The summed E-state index contributed by atoms with van der Waals surface area (Å²) in [6.07, 6.45) is 0. The lowest BCUT2D eigenvalue weighted by Crippen LogP contribution is -2.22. The Morgan fingerprint density at radius 1 is 1.00 bits per heavy atom. The van der Waals surface area contributed by atoms with E-state index in [1.807, 2.05) is 0 Å². The highest BCUT2D eigenvalue weighted by Gasteiger charge is 2.16. The fourth-order valence-corrected chi connectivity index (χ4v) is 3.88. The van der Waals surface area contributed by atoms with Crippen LogP contribution < -0.4 is 5.56 Å². The van der Waals surface area contributed by atoms with Gasteiger partial charge in [-0.1, -0.05) is 48.2 Å². The highest BCUT2D eigenvalue weighted by atomic mass is 32.2. The van der Waals surface area contributed by atoms with Gasteiger partial charge in [0.1, 0.15) is 5.82 Å². The summed E-state index contributed by atoms with van der Waals surface area (Å²) in [5.74, 6) is -0.110. The maximum Gasteiger partial charge on any atom is 0.269 e. The van der Waals surface area contributed by atoms with E-state index in [-0.39, 0.29) is 16.9 Å². The van der Waals surface area contributed by atoms with Crippen molar-refractivity contribution in [2.24, 2.45) is 0 Å². The molecule has 0 saturated heterocycles. The molecule has 6 nitrogen and oxygen atoms in total. The van der Waals surface area contributed by atoms with Gasteiger partial charge in [-0.2, -0.15) is 0 Å². The van der Waals surface area contributed by atoms with E-state index >= 15 is 0 Å². The number of halogens is 1. The summed E-state index contributed by atoms with van der Waals surface area (Å²) in [5, 5.41) is 11.5. The van der Waals surface area contributed by atoms with Crippen molar-refractivity contribution in [2.75, 3.05) is 0 Å². The molecule has 144 valence electrons. The van der Waals surface area contributed by atoms with Crippen molar-refractivity contribution in [3.05, 3.63) is 105 Å². The number of nitrogens with zero attached hydrogens (tertiary/aromatic N) is 3. The molecule has 4 rings (SSSR count). The molecule has 0 spiro atoms. The minimum absolute atomic E-state index is 0.00541. The molecule has 0 unspecified atom stereocenters.